The van der Waals surface area contributed by atoms with Crippen LogP contribution in [0.15, 0.2) is 18.2 Å². The van der Waals surface area contributed by atoms with Gasteiger partial charge in [-0.3, -0.25) is 0 Å². The molecule has 112 valence electrons. The number of aryl methyl sites for hydroxylation is 1. The molecule has 21 heavy (non-hydrogen) atoms. The highest BCUT2D eigenvalue weighted by Crippen LogP contribution is 2.29. The van der Waals surface area contributed by atoms with Gasteiger partial charge in [-0.25, -0.2) is 9.97 Å². The summed E-state index contributed by atoms with van der Waals surface area (Å²) in [5.74, 6) is 1.06. The molecule has 1 heterocycles. The van der Waals surface area contributed by atoms with Crippen molar-refractivity contribution in [2.45, 2.75) is 46.6 Å². The summed E-state index contributed by atoms with van der Waals surface area (Å²) in [6.07, 6.45) is 0. The van der Waals surface area contributed by atoms with Crippen LogP contribution in [0.5, 0.6) is 0 Å². The first-order valence-electron chi connectivity index (χ1n) is 7.09. The van der Waals surface area contributed by atoms with Crippen LogP contribution in [0.3, 0.4) is 0 Å². The molecule has 2 aromatic rings. The number of aliphatic hydroxyl groups excluding tert-OH is 1. The van der Waals surface area contributed by atoms with Crippen molar-refractivity contribution in [1.29, 1.82) is 0 Å². The highest BCUT2D eigenvalue weighted by atomic mass is 16.3. The quantitative estimate of drug-likeness (QED) is 0.889. The second-order valence-electron chi connectivity index (χ2n) is 6.42. The third-order valence-corrected chi connectivity index (χ3v) is 3.81. The Labute approximate surface area is 126 Å². The Hall–Kier alpha value is -1.94. The Morgan fingerprint density at radius 1 is 1.14 bits per heavy atom. The maximum absolute atomic E-state index is 9.68. The minimum Gasteiger partial charge on any atom is -0.392 e. The molecule has 0 atom stereocenters. The number of aliphatic hydroxyl groups is 1. The molecule has 0 amide bonds. The molecule has 0 radical (unpaired) electrons. The normalized spacial score (nSPS) is 11.7. The molecule has 4 heteroatoms. The van der Waals surface area contributed by atoms with Crippen molar-refractivity contribution >= 4 is 5.82 Å². The van der Waals surface area contributed by atoms with Gasteiger partial charge in [0.25, 0.3) is 0 Å². The zero-order valence-corrected chi connectivity index (χ0v) is 13.4. The zero-order chi connectivity index (χ0) is 15.8. The minimum absolute atomic E-state index is 0.0333. The number of nitrogens with two attached hydrogens (primary N) is 1. The van der Waals surface area contributed by atoms with Crippen LogP contribution in [0, 0.1) is 13.8 Å². The van der Waals surface area contributed by atoms with Gasteiger partial charge >= 0.3 is 0 Å². The van der Waals surface area contributed by atoms with Crippen molar-refractivity contribution < 1.29 is 5.11 Å². The number of hydrogen-bond acceptors (Lipinski definition) is 4. The van der Waals surface area contributed by atoms with Crippen LogP contribution in [-0.4, -0.2) is 15.1 Å². The Balaban J connectivity index is 2.59. The Morgan fingerprint density at radius 2 is 1.81 bits per heavy atom. The SMILES string of the molecule is Cc1nc(-c2ccc(C(C)(C)C)cc2CO)nc(N)c1C. The lowest BCUT2D eigenvalue weighted by molar-refractivity contribution is 0.282. The van der Waals surface area contributed by atoms with Crippen LogP contribution in [0.25, 0.3) is 11.4 Å². The largest absolute Gasteiger partial charge is 0.392 e. The smallest absolute Gasteiger partial charge is 0.162 e. The van der Waals surface area contributed by atoms with Crippen LogP contribution >= 0.6 is 0 Å². The third kappa shape index (κ3) is 3.05. The summed E-state index contributed by atoms with van der Waals surface area (Å²) in [5, 5.41) is 9.68. The van der Waals surface area contributed by atoms with Gasteiger partial charge in [0.1, 0.15) is 5.82 Å². The Bertz CT molecular complexity index is 649. The van der Waals surface area contributed by atoms with Crippen molar-refractivity contribution in [2.24, 2.45) is 0 Å². The fourth-order valence-electron chi connectivity index (χ4n) is 2.18. The molecule has 0 bridgehead atoms. The molecule has 0 aliphatic carbocycles. The molecule has 0 aliphatic heterocycles. The van der Waals surface area contributed by atoms with Crippen LogP contribution in [0.4, 0.5) is 5.82 Å². The monoisotopic (exact) mass is 285 g/mol. The van der Waals surface area contributed by atoms with Gasteiger partial charge in [0, 0.05) is 16.8 Å². The van der Waals surface area contributed by atoms with Crippen LogP contribution in [0.2, 0.25) is 0 Å². The van der Waals surface area contributed by atoms with Gasteiger partial charge in [-0.05, 0) is 30.4 Å². The summed E-state index contributed by atoms with van der Waals surface area (Å²) in [7, 11) is 0. The van der Waals surface area contributed by atoms with Crippen LogP contribution in [0.1, 0.15) is 43.2 Å². The highest BCUT2D eigenvalue weighted by Gasteiger charge is 2.17. The van der Waals surface area contributed by atoms with E-state index in [0.717, 1.165) is 22.4 Å². The van der Waals surface area contributed by atoms with E-state index >= 15 is 0 Å². The van der Waals surface area contributed by atoms with E-state index in [1.807, 2.05) is 26.0 Å². The number of nitrogens with zero attached hydrogens (tertiary/aromatic N) is 2. The lowest BCUT2D eigenvalue weighted by Crippen LogP contribution is -2.12. The summed E-state index contributed by atoms with van der Waals surface area (Å²) in [6, 6.07) is 6.04. The van der Waals surface area contributed by atoms with Crippen molar-refractivity contribution in [3.63, 3.8) is 0 Å². The van der Waals surface area contributed by atoms with Gasteiger partial charge in [-0.15, -0.1) is 0 Å². The average Bonchev–Trinajstić information content (AvgIpc) is 2.42. The van der Waals surface area contributed by atoms with Gasteiger partial charge in [-0.1, -0.05) is 39.0 Å². The summed E-state index contributed by atoms with van der Waals surface area (Å²) in [4.78, 5) is 8.86. The van der Waals surface area contributed by atoms with Crippen LogP contribution < -0.4 is 5.73 Å². The topological polar surface area (TPSA) is 72.0 Å². The lowest BCUT2D eigenvalue weighted by atomic mass is 9.85. The van der Waals surface area contributed by atoms with Crippen molar-refractivity contribution in [3.8, 4) is 11.4 Å². The van der Waals surface area contributed by atoms with Gasteiger partial charge < -0.3 is 10.8 Å². The molecular weight excluding hydrogens is 262 g/mol. The predicted molar refractivity (Wildman–Crippen MR) is 86.0 cm³/mol. The fourth-order valence-corrected chi connectivity index (χ4v) is 2.18. The van der Waals surface area contributed by atoms with Gasteiger partial charge in [0.05, 0.1) is 6.61 Å². The van der Waals surface area contributed by atoms with Crippen molar-refractivity contribution in [3.05, 3.63) is 40.6 Å². The first-order valence-corrected chi connectivity index (χ1v) is 7.09. The number of benzene rings is 1. The number of nitrogen functional groups attached to an aromatic ring is 1. The summed E-state index contributed by atoms with van der Waals surface area (Å²) in [6.45, 7) is 10.2. The van der Waals surface area contributed by atoms with E-state index in [9.17, 15) is 5.11 Å². The molecule has 2 rings (SSSR count). The maximum atomic E-state index is 9.68. The zero-order valence-electron chi connectivity index (χ0n) is 13.4. The van der Waals surface area contributed by atoms with Crippen molar-refractivity contribution in [1.82, 2.24) is 9.97 Å². The van der Waals surface area contributed by atoms with E-state index in [2.05, 4.69) is 36.8 Å². The maximum Gasteiger partial charge on any atom is 0.162 e. The number of rotatable bonds is 2. The van der Waals surface area contributed by atoms with E-state index in [4.69, 9.17) is 5.73 Å². The highest BCUT2D eigenvalue weighted by molar-refractivity contribution is 5.63. The van der Waals surface area contributed by atoms with E-state index in [1.54, 1.807) is 0 Å². The fraction of sp³-hybridized carbons (Fsp3) is 0.412. The second-order valence-corrected chi connectivity index (χ2v) is 6.42. The molecule has 0 saturated carbocycles. The van der Waals surface area contributed by atoms with E-state index in [-0.39, 0.29) is 12.0 Å². The predicted octanol–water partition coefficient (Wildman–Crippen LogP) is 3.13. The summed E-state index contributed by atoms with van der Waals surface area (Å²) in [5.41, 5.74) is 10.6. The van der Waals surface area contributed by atoms with Gasteiger partial charge in [0.15, 0.2) is 5.82 Å². The number of anilines is 1. The first kappa shape index (κ1) is 15.4. The first-order chi connectivity index (χ1) is 9.74. The molecule has 3 N–H and O–H groups in total. The second kappa shape index (κ2) is 5.45. The van der Waals surface area contributed by atoms with E-state index < -0.39 is 0 Å². The van der Waals surface area contributed by atoms with E-state index in [1.165, 1.54) is 5.56 Å². The van der Waals surface area contributed by atoms with Crippen molar-refractivity contribution in [2.75, 3.05) is 5.73 Å². The molecule has 4 nitrogen and oxygen atoms in total. The van der Waals surface area contributed by atoms with E-state index in [0.29, 0.717) is 11.6 Å². The van der Waals surface area contributed by atoms with Gasteiger partial charge in [0.2, 0.25) is 0 Å². The number of aromatic nitrogens is 2. The van der Waals surface area contributed by atoms with Gasteiger partial charge in [-0.2, -0.15) is 0 Å². The molecule has 0 aliphatic rings. The third-order valence-electron chi connectivity index (χ3n) is 3.81. The molecule has 0 fully saturated rings. The molecule has 1 aromatic carbocycles. The summed E-state index contributed by atoms with van der Waals surface area (Å²) < 4.78 is 0. The van der Waals surface area contributed by atoms with Crippen LogP contribution in [-0.2, 0) is 12.0 Å². The molecule has 0 saturated heterocycles. The Kier molecular flexibility index (Phi) is 4.01. The molecule has 0 spiro atoms. The standard InChI is InChI=1S/C17H23N3O/c1-10-11(2)19-16(20-15(10)18)14-7-6-13(17(3,4)5)8-12(14)9-21/h6-8,21H,9H2,1-5H3,(H2,18,19,20). The average molecular weight is 285 g/mol. The Morgan fingerprint density at radius 3 is 2.33 bits per heavy atom. The minimum atomic E-state index is -0.0462. The summed E-state index contributed by atoms with van der Waals surface area (Å²) >= 11 is 0. The molecular formula is C17H23N3O. The molecule has 0 unspecified atom stereocenters. The molecule has 1 aromatic heterocycles. The lowest BCUT2D eigenvalue weighted by Gasteiger charge is -2.21. The number of hydrogen-bond donors (Lipinski definition) is 2.